The number of carbonyl (C=O) groups is 2. The van der Waals surface area contributed by atoms with Gasteiger partial charge in [0.25, 0.3) is 0 Å². The molecule has 0 rings (SSSR count). The van der Waals surface area contributed by atoms with Crippen molar-refractivity contribution < 1.29 is 9.59 Å². The van der Waals surface area contributed by atoms with Crippen molar-refractivity contribution in [2.75, 3.05) is 0 Å². The summed E-state index contributed by atoms with van der Waals surface area (Å²) in [5.41, 5.74) is 0. The molecule has 0 spiro atoms. The summed E-state index contributed by atoms with van der Waals surface area (Å²) in [7, 11) is 0. The van der Waals surface area contributed by atoms with Crippen LogP contribution in [0.1, 0.15) is 33.1 Å². The molecule has 0 N–H and O–H groups in total. The molecule has 0 bridgehead atoms. The maximum Gasteiger partial charge on any atom is 0.230 e. The van der Waals surface area contributed by atoms with Gasteiger partial charge in [-0.3, -0.25) is 9.59 Å². The van der Waals surface area contributed by atoms with Crippen LogP contribution in [-0.4, -0.2) is 10.5 Å². The normalized spacial score (nSPS) is 8.00. The van der Waals surface area contributed by atoms with E-state index in [0.717, 1.165) is 0 Å². The van der Waals surface area contributed by atoms with Gasteiger partial charge in [-0.2, -0.15) is 0 Å². The molecule has 0 aliphatic heterocycles. The Hall–Kier alpha value is -0.0800. The highest BCUT2D eigenvalue weighted by atomic mass is 35.5. The first-order valence-electron chi connectivity index (χ1n) is 3.41. The lowest BCUT2D eigenvalue weighted by atomic mass is 10.4. The monoisotopic (exact) mass is 198 g/mol. The van der Waals surface area contributed by atoms with Crippen molar-refractivity contribution in [1.29, 1.82) is 0 Å². The Kier molecular flexibility index (Phi) is 12.2. The van der Waals surface area contributed by atoms with E-state index in [1.165, 1.54) is 12.8 Å². The largest absolute Gasteiger partial charge is 0.281 e. The van der Waals surface area contributed by atoms with E-state index in [0.29, 0.717) is 0 Å². The third kappa shape index (κ3) is 25.7. The van der Waals surface area contributed by atoms with Crippen molar-refractivity contribution in [3.63, 3.8) is 0 Å². The second-order valence-electron chi connectivity index (χ2n) is 1.89. The van der Waals surface area contributed by atoms with Crippen LogP contribution in [-0.2, 0) is 9.59 Å². The predicted molar refractivity (Wildman–Crippen MR) is 46.9 cm³/mol. The van der Waals surface area contributed by atoms with E-state index in [1.54, 1.807) is 0 Å². The first-order chi connectivity index (χ1) is 5.04. The molecule has 0 saturated heterocycles. The molecule has 11 heavy (non-hydrogen) atoms. The average Bonchev–Trinajstić information content (AvgIpc) is 1.85. The van der Waals surface area contributed by atoms with Crippen molar-refractivity contribution in [3.05, 3.63) is 0 Å². The van der Waals surface area contributed by atoms with E-state index >= 15 is 0 Å². The van der Waals surface area contributed by atoms with Crippen molar-refractivity contribution >= 4 is 33.7 Å². The zero-order valence-corrected chi connectivity index (χ0v) is 8.21. The van der Waals surface area contributed by atoms with Crippen LogP contribution in [0.15, 0.2) is 0 Å². The van der Waals surface area contributed by atoms with Gasteiger partial charge >= 0.3 is 0 Å². The molecule has 4 heteroatoms. The fourth-order valence-electron chi connectivity index (χ4n) is 0.109. The second kappa shape index (κ2) is 9.92. The molecule has 2 nitrogen and oxygen atoms in total. The molecule has 0 saturated carbocycles. The molecule has 0 amide bonds. The lowest BCUT2D eigenvalue weighted by Crippen LogP contribution is -1.92. The molecule has 0 aromatic rings. The zero-order chi connectivity index (χ0) is 9.28. The minimum absolute atomic E-state index is 0.386. The third-order valence-corrected chi connectivity index (χ3v) is 1.05. The summed E-state index contributed by atoms with van der Waals surface area (Å²) in [5.74, 6) is 0. The van der Waals surface area contributed by atoms with Gasteiger partial charge in [0.2, 0.25) is 10.5 Å². The standard InChI is InChI=1S/C4H10.C3H2Cl2O2/c1-3-4-2;4-2(6)1-3(5)7/h3-4H2,1-2H3;1H2. The Balaban J connectivity index is 0. The number of carbonyl (C=O) groups excluding carboxylic acids is 2. The smallest absolute Gasteiger partial charge is 0.230 e. The van der Waals surface area contributed by atoms with Crippen LogP contribution in [0.25, 0.3) is 0 Å². The topological polar surface area (TPSA) is 34.1 Å². The van der Waals surface area contributed by atoms with Gasteiger partial charge in [0.1, 0.15) is 0 Å². The summed E-state index contributed by atoms with van der Waals surface area (Å²) in [4.78, 5) is 19.4. The molecule has 0 aliphatic carbocycles. The third-order valence-electron chi connectivity index (χ3n) is 0.778. The molecule has 0 aromatic heterocycles. The highest BCUT2D eigenvalue weighted by molar-refractivity contribution is 6.72. The number of rotatable bonds is 3. The molecule has 0 radical (unpaired) electrons. The molecule has 0 heterocycles. The molecule has 0 unspecified atom stereocenters. The maximum absolute atomic E-state index is 9.71. The van der Waals surface area contributed by atoms with Gasteiger partial charge in [0.15, 0.2) is 0 Å². The summed E-state index contributed by atoms with van der Waals surface area (Å²) < 4.78 is 0. The zero-order valence-electron chi connectivity index (χ0n) is 6.69. The van der Waals surface area contributed by atoms with Gasteiger partial charge in [-0.15, -0.1) is 0 Å². The van der Waals surface area contributed by atoms with Gasteiger partial charge in [0, 0.05) is 0 Å². The lowest BCUT2D eigenvalue weighted by molar-refractivity contribution is -0.118. The highest BCUT2D eigenvalue weighted by Crippen LogP contribution is 1.92. The number of halogens is 2. The van der Waals surface area contributed by atoms with Gasteiger partial charge in [-0.1, -0.05) is 26.7 Å². The fraction of sp³-hybridized carbons (Fsp3) is 0.714. The summed E-state index contributed by atoms with van der Waals surface area (Å²) in [6.07, 6.45) is 2.25. The van der Waals surface area contributed by atoms with E-state index in [2.05, 4.69) is 13.8 Å². The maximum atomic E-state index is 9.71. The Labute approximate surface area is 76.9 Å². The van der Waals surface area contributed by atoms with E-state index < -0.39 is 10.5 Å². The quantitative estimate of drug-likeness (QED) is 0.517. The number of hydrogen-bond acceptors (Lipinski definition) is 2. The Morgan fingerprint density at radius 1 is 1.00 bits per heavy atom. The van der Waals surface area contributed by atoms with Crippen LogP contribution in [0.5, 0.6) is 0 Å². The van der Waals surface area contributed by atoms with E-state index in [1.807, 2.05) is 0 Å². The molecule has 0 aromatic carbocycles. The fourth-order valence-corrected chi connectivity index (χ4v) is 0.420. The number of unbranched alkanes of at least 4 members (excludes halogenated alkanes) is 1. The number of hydrogen-bond donors (Lipinski definition) is 0. The molecule has 66 valence electrons. The SMILES string of the molecule is CCCC.O=C(Cl)CC(=O)Cl. The molecule has 0 atom stereocenters. The Morgan fingerprint density at radius 2 is 1.27 bits per heavy atom. The minimum Gasteiger partial charge on any atom is -0.281 e. The Bertz CT molecular complexity index is 110. The van der Waals surface area contributed by atoms with Gasteiger partial charge in [0.05, 0.1) is 6.42 Å². The van der Waals surface area contributed by atoms with Crippen LogP contribution in [0.4, 0.5) is 0 Å². The molecule has 0 fully saturated rings. The van der Waals surface area contributed by atoms with Crippen LogP contribution in [0, 0.1) is 0 Å². The van der Waals surface area contributed by atoms with E-state index in [9.17, 15) is 9.59 Å². The van der Waals surface area contributed by atoms with E-state index in [-0.39, 0.29) is 6.42 Å². The van der Waals surface area contributed by atoms with Gasteiger partial charge in [-0.25, -0.2) is 0 Å². The summed E-state index contributed by atoms with van der Waals surface area (Å²) >= 11 is 9.46. The van der Waals surface area contributed by atoms with Crippen molar-refractivity contribution in [2.45, 2.75) is 33.1 Å². The lowest BCUT2D eigenvalue weighted by Gasteiger charge is -1.76. The van der Waals surface area contributed by atoms with Crippen molar-refractivity contribution in [2.24, 2.45) is 0 Å². The van der Waals surface area contributed by atoms with E-state index in [4.69, 9.17) is 23.2 Å². The predicted octanol–water partition coefficient (Wildman–Crippen LogP) is 2.71. The van der Waals surface area contributed by atoms with Gasteiger partial charge < -0.3 is 0 Å². The van der Waals surface area contributed by atoms with Crippen LogP contribution < -0.4 is 0 Å². The van der Waals surface area contributed by atoms with Gasteiger partial charge in [-0.05, 0) is 23.2 Å². The van der Waals surface area contributed by atoms with Crippen LogP contribution in [0.2, 0.25) is 0 Å². The molecular weight excluding hydrogens is 187 g/mol. The highest BCUT2D eigenvalue weighted by Gasteiger charge is 2.00. The second-order valence-corrected chi connectivity index (χ2v) is 2.73. The first kappa shape index (κ1) is 13.5. The summed E-state index contributed by atoms with van der Waals surface area (Å²) in [6, 6.07) is 0. The first-order valence-corrected chi connectivity index (χ1v) is 4.16. The molecular formula is C7H12Cl2O2. The summed E-state index contributed by atoms with van der Waals surface area (Å²) in [6.45, 7) is 4.36. The van der Waals surface area contributed by atoms with Crippen LogP contribution >= 0.6 is 23.2 Å². The summed E-state index contributed by atoms with van der Waals surface area (Å²) in [5, 5.41) is -1.44. The van der Waals surface area contributed by atoms with Crippen molar-refractivity contribution in [1.82, 2.24) is 0 Å². The van der Waals surface area contributed by atoms with Crippen molar-refractivity contribution in [3.8, 4) is 0 Å². The van der Waals surface area contributed by atoms with Crippen LogP contribution in [0.3, 0.4) is 0 Å². The Morgan fingerprint density at radius 3 is 1.27 bits per heavy atom. The average molecular weight is 199 g/mol. The minimum atomic E-state index is -0.722. The molecule has 0 aliphatic rings.